The normalized spacial score (nSPS) is 14.7. The van der Waals surface area contributed by atoms with E-state index in [1.54, 1.807) is 25.1 Å². The first-order valence-corrected chi connectivity index (χ1v) is 13.3. The zero-order valence-corrected chi connectivity index (χ0v) is 22.4. The number of benzene rings is 4. The summed E-state index contributed by atoms with van der Waals surface area (Å²) in [7, 11) is 3.48. The third-order valence-electron chi connectivity index (χ3n) is 7.15. The molecule has 0 aliphatic carbocycles. The summed E-state index contributed by atoms with van der Waals surface area (Å²) in [6, 6.07) is 31.8. The minimum Gasteiger partial charge on any atom is -0.489 e. The first kappa shape index (κ1) is 26.2. The van der Waals surface area contributed by atoms with E-state index in [4.69, 9.17) is 4.74 Å². The van der Waals surface area contributed by atoms with Gasteiger partial charge >= 0.3 is 0 Å². The van der Waals surface area contributed by atoms with Crippen molar-refractivity contribution in [2.45, 2.75) is 25.5 Å². The highest BCUT2D eigenvalue weighted by Gasteiger charge is 2.28. The highest BCUT2D eigenvalue weighted by atomic mass is 19.1. The van der Waals surface area contributed by atoms with Gasteiger partial charge in [0.15, 0.2) is 0 Å². The number of amides is 1. The van der Waals surface area contributed by atoms with E-state index < -0.39 is 0 Å². The number of carbonyl (C=O) groups is 1. The first-order chi connectivity index (χ1) is 19.0. The summed E-state index contributed by atoms with van der Waals surface area (Å²) in [4.78, 5) is 15.8. The molecule has 4 aromatic carbocycles. The summed E-state index contributed by atoms with van der Waals surface area (Å²) >= 11 is 0. The van der Waals surface area contributed by atoms with Crippen LogP contribution in [0.5, 0.6) is 5.75 Å². The first-order valence-electron chi connectivity index (χ1n) is 13.3. The van der Waals surface area contributed by atoms with Gasteiger partial charge in [-0.05, 0) is 83.1 Å². The van der Waals surface area contributed by atoms with Crippen molar-refractivity contribution in [1.82, 2.24) is 4.90 Å². The molecule has 1 unspecified atom stereocenters. The molecule has 198 valence electrons. The van der Waals surface area contributed by atoms with Crippen LogP contribution >= 0.6 is 0 Å². The van der Waals surface area contributed by atoms with Crippen molar-refractivity contribution < 1.29 is 13.9 Å². The molecule has 0 spiro atoms. The zero-order chi connectivity index (χ0) is 27.2. The quantitative estimate of drug-likeness (QED) is 0.238. The fourth-order valence-corrected chi connectivity index (χ4v) is 4.99. The molecule has 1 aliphatic rings. The number of ether oxygens (including phenoxy) is 1. The highest BCUT2D eigenvalue weighted by Crippen LogP contribution is 2.37. The van der Waals surface area contributed by atoms with Crippen LogP contribution in [0.2, 0.25) is 0 Å². The highest BCUT2D eigenvalue weighted by molar-refractivity contribution is 5.91. The van der Waals surface area contributed by atoms with Crippen LogP contribution < -0.4 is 9.64 Å². The Morgan fingerprint density at radius 1 is 0.949 bits per heavy atom. The molecule has 1 heterocycles. The van der Waals surface area contributed by atoms with Gasteiger partial charge in [-0.2, -0.15) is 0 Å². The second-order valence-electron chi connectivity index (χ2n) is 10.1. The number of likely N-dealkylation sites (N-methyl/N-ethyl adjacent to an activating group) is 1. The van der Waals surface area contributed by atoms with E-state index in [0.29, 0.717) is 6.61 Å². The van der Waals surface area contributed by atoms with Crippen LogP contribution in [0.1, 0.15) is 33.9 Å². The molecule has 5 heteroatoms. The average Bonchev–Trinajstić information content (AvgIpc) is 2.96. The molecule has 1 amide bonds. The van der Waals surface area contributed by atoms with Crippen molar-refractivity contribution in [3.8, 4) is 5.75 Å². The molecule has 39 heavy (non-hydrogen) atoms. The van der Waals surface area contributed by atoms with Crippen molar-refractivity contribution in [1.29, 1.82) is 0 Å². The Labute approximate surface area is 230 Å². The summed E-state index contributed by atoms with van der Waals surface area (Å²) in [6.45, 7) is 1.37. The van der Waals surface area contributed by atoms with Gasteiger partial charge in [0.05, 0.1) is 6.04 Å². The lowest BCUT2D eigenvalue weighted by Crippen LogP contribution is -2.36. The number of nitrogens with zero attached hydrogens (tertiary/aromatic N) is 2. The molecule has 0 N–H and O–H groups in total. The number of hydrogen-bond acceptors (Lipinski definition) is 3. The van der Waals surface area contributed by atoms with E-state index in [9.17, 15) is 9.18 Å². The van der Waals surface area contributed by atoms with E-state index >= 15 is 0 Å². The number of carbonyl (C=O) groups excluding carboxylic acids is 1. The van der Waals surface area contributed by atoms with E-state index in [-0.39, 0.29) is 17.8 Å². The molecule has 0 saturated heterocycles. The van der Waals surface area contributed by atoms with Crippen LogP contribution in [0, 0.1) is 5.82 Å². The maximum absolute atomic E-state index is 13.7. The summed E-state index contributed by atoms with van der Waals surface area (Å²) in [5.41, 5.74) is 6.87. The summed E-state index contributed by atoms with van der Waals surface area (Å²) in [5, 5.41) is 0. The smallest absolute Gasteiger partial charge is 0.246 e. The lowest BCUT2D eigenvalue weighted by Gasteiger charge is -2.39. The predicted molar refractivity (Wildman–Crippen MR) is 155 cm³/mol. The fourth-order valence-electron chi connectivity index (χ4n) is 4.99. The SMILES string of the molecule is CN(C)C(=O)/C=C/c1ccc(CC2c3ccc(OCc4ccccc4)cc3CCN2c2ccc(F)cc2)cc1. The molecule has 5 rings (SSSR count). The van der Waals surface area contributed by atoms with Crippen LogP contribution in [0.25, 0.3) is 6.08 Å². The third kappa shape index (κ3) is 6.55. The second kappa shape index (κ2) is 12.0. The number of rotatable bonds is 8. The topological polar surface area (TPSA) is 32.8 Å². The average molecular weight is 521 g/mol. The summed E-state index contributed by atoms with van der Waals surface area (Å²) < 4.78 is 19.8. The van der Waals surface area contributed by atoms with Crippen molar-refractivity contribution in [2.75, 3.05) is 25.5 Å². The van der Waals surface area contributed by atoms with Gasteiger partial charge in [-0.25, -0.2) is 4.39 Å². The summed E-state index contributed by atoms with van der Waals surface area (Å²) in [6.07, 6.45) is 5.11. The molecule has 4 aromatic rings. The number of halogens is 1. The van der Waals surface area contributed by atoms with Crippen LogP contribution in [0.4, 0.5) is 10.1 Å². The third-order valence-corrected chi connectivity index (χ3v) is 7.15. The van der Waals surface area contributed by atoms with Gasteiger partial charge in [-0.1, -0.05) is 60.7 Å². The molecule has 0 fully saturated rings. The standard InChI is InChI=1S/C34H33FN2O2/c1-36(2)34(38)19-12-25-8-10-26(11-9-25)22-33-32-18-17-31(39-24-27-6-4-3-5-7-27)23-28(32)20-21-37(33)30-15-13-29(35)14-16-30/h3-19,23,33H,20-22,24H2,1-2H3/b19-12+. The van der Waals surface area contributed by atoms with Gasteiger partial charge in [-0.3, -0.25) is 4.79 Å². The number of anilines is 1. The Bertz CT molecular complexity index is 1430. The fraction of sp³-hybridized carbons (Fsp3) is 0.206. The van der Waals surface area contributed by atoms with Crippen molar-refractivity contribution in [2.24, 2.45) is 0 Å². The molecular weight excluding hydrogens is 487 g/mol. The van der Waals surface area contributed by atoms with Crippen molar-refractivity contribution >= 4 is 17.7 Å². The molecule has 0 bridgehead atoms. The van der Waals surface area contributed by atoms with Gasteiger partial charge < -0.3 is 14.5 Å². The van der Waals surface area contributed by atoms with Crippen LogP contribution in [-0.4, -0.2) is 31.4 Å². The minimum absolute atomic E-state index is 0.0417. The zero-order valence-electron chi connectivity index (χ0n) is 22.4. The maximum Gasteiger partial charge on any atom is 0.246 e. The minimum atomic E-state index is -0.232. The van der Waals surface area contributed by atoms with Crippen molar-refractivity contribution in [3.05, 3.63) is 137 Å². The Morgan fingerprint density at radius 2 is 1.69 bits per heavy atom. The monoisotopic (exact) mass is 520 g/mol. The van der Waals surface area contributed by atoms with Crippen LogP contribution in [0.3, 0.4) is 0 Å². The van der Waals surface area contributed by atoms with Gasteiger partial charge in [0.1, 0.15) is 18.2 Å². The van der Waals surface area contributed by atoms with Gasteiger partial charge in [0.25, 0.3) is 0 Å². The molecule has 1 atom stereocenters. The Balaban J connectivity index is 1.39. The second-order valence-corrected chi connectivity index (χ2v) is 10.1. The van der Waals surface area contributed by atoms with Crippen LogP contribution in [0.15, 0.2) is 103 Å². The van der Waals surface area contributed by atoms with Crippen molar-refractivity contribution in [3.63, 3.8) is 0 Å². The molecule has 0 aromatic heterocycles. The molecule has 4 nitrogen and oxygen atoms in total. The van der Waals surface area contributed by atoms with Crippen LogP contribution in [-0.2, 0) is 24.2 Å². The number of hydrogen-bond donors (Lipinski definition) is 0. The maximum atomic E-state index is 13.7. The summed E-state index contributed by atoms with van der Waals surface area (Å²) in [5.74, 6) is 0.597. The molecule has 1 aliphatic heterocycles. The lowest BCUT2D eigenvalue weighted by atomic mass is 9.88. The van der Waals surface area contributed by atoms with Gasteiger partial charge in [0, 0.05) is 32.4 Å². The van der Waals surface area contributed by atoms with E-state index in [1.165, 1.54) is 28.8 Å². The van der Waals surface area contributed by atoms with Gasteiger partial charge in [-0.15, -0.1) is 0 Å². The Kier molecular flexibility index (Phi) is 8.07. The van der Waals surface area contributed by atoms with E-state index in [2.05, 4.69) is 47.4 Å². The van der Waals surface area contributed by atoms with Gasteiger partial charge in [0.2, 0.25) is 5.91 Å². The molecular formula is C34H33FN2O2. The van der Waals surface area contributed by atoms with E-state index in [1.807, 2.05) is 48.5 Å². The molecule has 0 saturated carbocycles. The number of fused-ring (bicyclic) bond motifs is 1. The lowest BCUT2D eigenvalue weighted by molar-refractivity contribution is -0.123. The molecule has 0 radical (unpaired) electrons. The Hall–Kier alpha value is -4.38. The predicted octanol–water partition coefficient (Wildman–Crippen LogP) is 6.85. The largest absolute Gasteiger partial charge is 0.489 e. The Morgan fingerprint density at radius 3 is 2.41 bits per heavy atom. The van der Waals surface area contributed by atoms with E-state index in [0.717, 1.165) is 42.0 Å².